The van der Waals surface area contributed by atoms with Crippen molar-refractivity contribution < 1.29 is 18.0 Å². The van der Waals surface area contributed by atoms with Crippen LogP contribution in [0.5, 0.6) is 0 Å². The fraction of sp³-hybridized carbons (Fsp3) is 0.533. The summed E-state index contributed by atoms with van der Waals surface area (Å²) in [4.78, 5) is 12.0. The largest absolute Gasteiger partial charge is 0.416 e. The first-order valence-electron chi connectivity index (χ1n) is 7.06. The van der Waals surface area contributed by atoms with E-state index < -0.39 is 11.7 Å². The van der Waals surface area contributed by atoms with Crippen molar-refractivity contribution in [2.24, 2.45) is 11.7 Å². The summed E-state index contributed by atoms with van der Waals surface area (Å²) in [7, 11) is 0. The molecule has 2 atom stereocenters. The first-order valence-corrected chi connectivity index (χ1v) is 7.06. The topological polar surface area (TPSA) is 55.1 Å². The molecule has 3 nitrogen and oxygen atoms in total. The van der Waals surface area contributed by atoms with Crippen molar-refractivity contribution in [2.75, 3.05) is 6.54 Å². The third-order valence-electron chi connectivity index (χ3n) is 3.98. The van der Waals surface area contributed by atoms with Gasteiger partial charge in [-0.3, -0.25) is 4.79 Å². The van der Waals surface area contributed by atoms with Crippen LogP contribution >= 0.6 is 0 Å². The summed E-state index contributed by atoms with van der Waals surface area (Å²) in [6, 6.07) is 5.17. The molecule has 116 valence electrons. The van der Waals surface area contributed by atoms with E-state index in [9.17, 15) is 18.0 Å². The van der Waals surface area contributed by atoms with Crippen molar-refractivity contribution in [1.82, 2.24) is 5.32 Å². The molecule has 2 rings (SSSR count). The summed E-state index contributed by atoms with van der Waals surface area (Å²) in [6.07, 6.45) is -1.91. The summed E-state index contributed by atoms with van der Waals surface area (Å²) in [5.74, 6) is -0.149. The molecular formula is C15H19F3N2O. The van der Waals surface area contributed by atoms with Crippen molar-refractivity contribution in [3.8, 4) is 0 Å². The van der Waals surface area contributed by atoms with E-state index in [0.29, 0.717) is 6.54 Å². The van der Waals surface area contributed by atoms with Crippen LogP contribution in [0.25, 0.3) is 0 Å². The Kier molecular flexibility index (Phi) is 4.88. The second kappa shape index (κ2) is 6.47. The Morgan fingerprint density at radius 2 is 2.00 bits per heavy atom. The number of hydrogen-bond donors (Lipinski definition) is 2. The Hall–Kier alpha value is -1.56. The zero-order chi connectivity index (χ0) is 15.5. The lowest BCUT2D eigenvalue weighted by atomic mass is 10.0. The van der Waals surface area contributed by atoms with Gasteiger partial charge in [0, 0.05) is 6.04 Å². The lowest BCUT2D eigenvalue weighted by Crippen LogP contribution is -2.40. The van der Waals surface area contributed by atoms with Crippen LogP contribution < -0.4 is 11.1 Å². The summed E-state index contributed by atoms with van der Waals surface area (Å²) in [5, 5.41) is 2.82. The monoisotopic (exact) mass is 300 g/mol. The maximum absolute atomic E-state index is 12.9. The van der Waals surface area contributed by atoms with Crippen molar-refractivity contribution in [2.45, 2.75) is 37.9 Å². The van der Waals surface area contributed by atoms with Gasteiger partial charge in [0.15, 0.2) is 0 Å². The molecule has 0 bridgehead atoms. The number of benzene rings is 1. The lowest BCUT2D eigenvalue weighted by Gasteiger charge is -2.20. The van der Waals surface area contributed by atoms with E-state index in [1.807, 2.05) is 0 Å². The normalized spacial score (nSPS) is 22.3. The number of hydrogen-bond acceptors (Lipinski definition) is 2. The molecule has 0 saturated heterocycles. The van der Waals surface area contributed by atoms with Gasteiger partial charge in [-0.05, 0) is 36.9 Å². The number of rotatable bonds is 4. The highest BCUT2D eigenvalue weighted by molar-refractivity contribution is 5.79. The average Bonchev–Trinajstić information content (AvgIpc) is 2.85. The molecule has 21 heavy (non-hydrogen) atoms. The third kappa shape index (κ3) is 3.97. The quantitative estimate of drug-likeness (QED) is 0.897. The lowest BCUT2D eigenvalue weighted by molar-refractivity contribution is -0.138. The van der Waals surface area contributed by atoms with Crippen LogP contribution in [0.4, 0.5) is 13.2 Å². The van der Waals surface area contributed by atoms with Gasteiger partial charge >= 0.3 is 6.18 Å². The molecule has 1 aliphatic carbocycles. The maximum atomic E-state index is 12.9. The number of carbonyl (C=O) groups excluding carboxylic acids is 1. The van der Waals surface area contributed by atoms with Crippen LogP contribution in [0.15, 0.2) is 24.3 Å². The number of alkyl halides is 3. The predicted molar refractivity (Wildman–Crippen MR) is 73.5 cm³/mol. The smallest absolute Gasteiger partial charge is 0.353 e. The summed E-state index contributed by atoms with van der Waals surface area (Å²) in [6.45, 7) is 0.490. The average molecular weight is 300 g/mol. The number of nitrogens with two attached hydrogens (primary N) is 1. The van der Waals surface area contributed by atoms with Gasteiger partial charge < -0.3 is 11.1 Å². The number of halogens is 3. The van der Waals surface area contributed by atoms with Crippen LogP contribution in [-0.4, -0.2) is 18.5 Å². The molecule has 0 aromatic heterocycles. The van der Waals surface area contributed by atoms with E-state index in [1.165, 1.54) is 18.2 Å². The minimum absolute atomic E-state index is 0.00444. The zero-order valence-corrected chi connectivity index (χ0v) is 11.6. The molecule has 1 aliphatic rings. The maximum Gasteiger partial charge on any atom is 0.416 e. The van der Waals surface area contributed by atoms with E-state index in [-0.39, 0.29) is 29.9 Å². The first-order chi connectivity index (χ1) is 9.91. The zero-order valence-electron chi connectivity index (χ0n) is 11.6. The Bertz CT molecular complexity index is 502. The number of nitrogens with one attached hydrogen (secondary N) is 1. The predicted octanol–water partition coefficient (Wildman–Crippen LogP) is 2.49. The van der Waals surface area contributed by atoms with Crippen molar-refractivity contribution >= 4 is 5.91 Å². The van der Waals surface area contributed by atoms with Crippen LogP contribution in [0.1, 0.15) is 30.4 Å². The Morgan fingerprint density at radius 1 is 1.29 bits per heavy atom. The Labute approximate surface area is 121 Å². The van der Waals surface area contributed by atoms with Gasteiger partial charge in [-0.25, -0.2) is 0 Å². The van der Waals surface area contributed by atoms with Crippen LogP contribution in [0.3, 0.4) is 0 Å². The minimum Gasteiger partial charge on any atom is -0.353 e. The molecule has 0 radical (unpaired) electrons. The molecule has 0 aliphatic heterocycles. The standard InChI is InChI=1S/C15H19F3N2O/c16-15(17,18)12-6-2-1-4-10(12)8-14(21)20-13-7-3-5-11(13)9-19/h1-2,4,6,11,13H,3,5,7-9,19H2,(H,20,21). The fourth-order valence-corrected chi connectivity index (χ4v) is 2.89. The van der Waals surface area contributed by atoms with Gasteiger partial charge in [-0.1, -0.05) is 24.6 Å². The van der Waals surface area contributed by atoms with Crippen LogP contribution in [0.2, 0.25) is 0 Å². The fourth-order valence-electron chi connectivity index (χ4n) is 2.89. The molecule has 2 unspecified atom stereocenters. The van der Waals surface area contributed by atoms with Gasteiger partial charge in [0.2, 0.25) is 5.91 Å². The Morgan fingerprint density at radius 3 is 2.67 bits per heavy atom. The highest BCUT2D eigenvalue weighted by atomic mass is 19.4. The van der Waals surface area contributed by atoms with Crippen molar-refractivity contribution in [3.63, 3.8) is 0 Å². The summed E-state index contributed by atoms with van der Waals surface area (Å²) < 4.78 is 38.6. The molecule has 0 heterocycles. The molecular weight excluding hydrogens is 281 g/mol. The van der Waals surface area contributed by atoms with Crippen molar-refractivity contribution in [3.05, 3.63) is 35.4 Å². The molecule has 1 aromatic carbocycles. The number of amides is 1. The van der Waals surface area contributed by atoms with Gasteiger partial charge in [-0.2, -0.15) is 13.2 Å². The van der Waals surface area contributed by atoms with E-state index >= 15 is 0 Å². The second-order valence-corrected chi connectivity index (χ2v) is 5.43. The molecule has 1 saturated carbocycles. The van der Waals surface area contributed by atoms with Crippen LogP contribution in [0, 0.1) is 5.92 Å². The Balaban J connectivity index is 2.03. The first kappa shape index (κ1) is 15.8. The summed E-state index contributed by atoms with van der Waals surface area (Å²) in [5.41, 5.74) is 4.89. The van der Waals surface area contributed by atoms with E-state index in [0.717, 1.165) is 25.3 Å². The van der Waals surface area contributed by atoms with E-state index in [4.69, 9.17) is 5.73 Å². The van der Waals surface area contributed by atoms with Crippen molar-refractivity contribution in [1.29, 1.82) is 0 Å². The molecule has 1 fully saturated rings. The molecule has 3 N–H and O–H groups in total. The molecule has 0 spiro atoms. The minimum atomic E-state index is -4.44. The summed E-state index contributed by atoms with van der Waals surface area (Å²) >= 11 is 0. The van der Waals surface area contributed by atoms with E-state index in [2.05, 4.69) is 5.32 Å². The molecule has 1 amide bonds. The van der Waals surface area contributed by atoms with Gasteiger partial charge in [-0.15, -0.1) is 0 Å². The second-order valence-electron chi connectivity index (χ2n) is 5.43. The van der Waals surface area contributed by atoms with Crippen LogP contribution in [-0.2, 0) is 17.4 Å². The SMILES string of the molecule is NCC1CCCC1NC(=O)Cc1ccccc1C(F)(F)F. The van der Waals surface area contributed by atoms with Gasteiger partial charge in [0.05, 0.1) is 12.0 Å². The molecule has 1 aromatic rings. The van der Waals surface area contributed by atoms with Gasteiger partial charge in [0.25, 0.3) is 0 Å². The van der Waals surface area contributed by atoms with Gasteiger partial charge in [0.1, 0.15) is 0 Å². The van der Waals surface area contributed by atoms with E-state index in [1.54, 1.807) is 0 Å². The number of carbonyl (C=O) groups is 1. The molecule has 6 heteroatoms. The highest BCUT2D eigenvalue weighted by Gasteiger charge is 2.34. The highest BCUT2D eigenvalue weighted by Crippen LogP contribution is 2.32. The third-order valence-corrected chi connectivity index (χ3v) is 3.98.